The minimum atomic E-state index is -0.359. The van der Waals surface area contributed by atoms with Crippen LogP contribution in [0.4, 0.5) is 0 Å². The first-order valence-corrected chi connectivity index (χ1v) is 9.18. The summed E-state index contributed by atoms with van der Waals surface area (Å²) in [7, 11) is 0. The third-order valence-electron chi connectivity index (χ3n) is 3.47. The molecule has 0 radical (unpaired) electrons. The van der Waals surface area contributed by atoms with Crippen molar-refractivity contribution in [3.8, 4) is 0 Å². The molecule has 0 aromatic carbocycles. The largest absolute Gasteiger partial charge is 0.379 e. The van der Waals surface area contributed by atoms with E-state index in [1.54, 1.807) is 0 Å². The molecule has 0 aliphatic carbocycles. The normalized spacial score (nSPS) is 14.7. The fourth-order valence-electron chi connectivity index (χ4n) is 2.69. The molecule has 0 rings (SSSR count). The summed E-state index contributed by atoms with van der Waals surface area (Å²) in [6, 6.07) is 0. The molecule has 1 unspecified atom stereocenters. The van der Waals surface area contributed by atoms with E-state index in [4.69, 9.17) is 8.92 Å². The topological polar surface area (TPSA) is 35.5 Å². The van der Waals surface area contributed by atoms with Crippen molar-refractivity contribution in [1.82, 2.24) is 0 Å². The number of Topliss-reactive ketones (excluding diaryl/α,β-unsaturated/α-hetero) is 1. The maximum Gasteiger partial charge on any atom is 0.141 e. The fraction of sp³-hybridized carbons (Fsp3) is 0.944. The molecule has 0 aliphatic heterocycles. The second-order valence-corrected chi connectivity index (χ2v) is 9.20. The molecular weight excluding hydrogens is 296 g/mol. The average Bonchev–Trinajstić information content (AvgIpc) is 2.33. The summed E-state index contributed by atoms with van der Waals surface area (Å²) in [5.74, 6) is 0.359. The van der Waals surface area contributed by atoms with Crippen molar-refractivity contribution in [3.05, 3.63) is 0 Å². The molecule has 1 atom stereocenters. The van der Waals surface area contributed by atoms with Gasteiger partial charge in [-0.2, -0.15) is 0 Å². The Kier molecular flexibility index (Phi) is 9.26. The summed E-state index contributed by atoms with van der Waals surface area (Å²) in [5, 5.41) is 0.377. The second kappa shape index (κ2) is 9.29. The SMILES string of the molecule is CC(C)OCCC(C)SOC(C)(C)CC(C)(C)C(=O)C(C)C. The number of hydrogen-bond donors (Lipinski definition) is 0. The van der Waals surface area contributed by atoms with Gasteiger partial charge in [-0.25, -0.2) is 0 Å². The van der Waals surface area contributed by atoms with Crippen LogP contribution in [0.3, 0.4) is 0 Å². The summed E-state index contributed by atoms with van der Waals surface area (Å²) >= 11 is 1.50. The lowest BCUT2D eigenvalue weighted by Gasteiger charge is -2.34. The quantitative estimate of drug-likeness (QED) is 0.483. The molecule has 22 heavy (non-hydrogen) atoms. The maximum absolute atomic E-state index is 12.3. The van der Waals surface area contributed by atoms with Gasteiger partial charge in [-0.05, 0) is 52.6 Å². The number of rotatable bonds is 11. The predicted molar refractivity (Wildman–Crippen MR) is 96.2 cm³/mol. The Morgan fingerprint density at radius 1 is 1.05 bits per heavy atom. The van der Waals surface area contributed by atoms with Crippen LogP contribution in [0.25, 0.3) is 0 Å². The van der Waals surface area contributed by atoms with Gasteiger partial charge in [0.05, 0.1) is 11.7 Å². The Balaban J connectivity index is 4.31. The first-order valence-electron chi connectivity index (χ1n) is 8.38. The summed E-state index contributed by atoms with van der Waals surface area (Å²) < 4.78 is 11.6. The third kappa shape index (κ3) is 9.16. The van der Waals surface area contributed by atoms with Crippen LogP contribution in [-0.4, -0.2) is 29.3 Å². The molecule has 0 fully saturated rings. The van der Waals surface area contributed by atoms with Gasteiger partial charge in [0.1, 0.15) is 5.78 Å². The van der Waals surface area contributed by atoms with Gasteiger partial charge < -0.3 is 8.92 Å². The van der Waals surface area contributed by atoms with Crippen molar-refractivity contribution < 1.29 is 13.7 Å². The first kappa shape index (κ1) is 21.9. The van der Waals surface area contributed by atoms with Crippen molar-refractivity contribution in [2.24, 2.45) is 11.3 Å². The van der Waals surface area contributed by atoms with Crippen LogP contribution in [0.15, 0.2) is 0 Å². The molecular formula is C18H36O3S. The van der Waals surface area contributed by atoms with E-state index >= 15 is 0 Å². The van der Waals surface area contributed by atoms with Crippen LogP contribution >= 0.6 is 12.0 Å². The number of carbonyl (C=O) groups excluding carboxylic acids is 1. The van der Waals surface area contributed by atoms with Crippen LogP contribution in [0.1, 0.15) is 75.2 Å². The molecule has 0 amide bonds. The lowest BCUT2D eigenvalue weighted by molar-refractivity contribution is -0.132. The number of carbonyl (C=O) groups is 1. The van der Waals surface area contributed by atoms with Crippen LogP contribution in [0, 0.1) is 11.3 Å². The van der Waals surface area contributed by atoms with E-state index in [2.05, 4.69) is 20.8 Å². The molecule has 0 saturated carbocycles. The zero-order chi connectivity index (χ0) is 17.6. The van der Waals surface area contributed by atoms with Gasteiger partial charge in [0.2, 0.25) is 0 Å². The van der Waals surface area contributed by atoms with Gasteiger partial charge in [-0.3, -0.25) is 4.79 Å². The van der Waals surface area contributed by atoms with Crippen molar-refractivity contribution in [1.29, 1.82) is 0 Å². The van der Waals surface area contributed by atoms with Crippen LogP contribution in [-0.2, 0) is 13.7 Å². The molecule has 4 heteroatoms. The van der Waals surface area contributed by atoms with E-state index in [1.165, 1.54) is 12.0 Å². The van der Waals surface area contributed by atoms with Crippen molar-refractivity contribution in [2.75, 3.05) is 6.61 Å². The lowest BCUT2D eigenvalue weighted by Crippen LogP contribution is -2.37. The van der Waals surface area contributed by atoms with E-state index in [1.807, 2.05) is 41.5 Å². The molecule has 0 aromatic rings. The van der Waals surface area contributed by atoms with Crippen molar-refractivity contribution in [2.45, 2.75) is 92.1 Å². The zero-order valence-corrected chi connectivity index (χ0v) is 16.8. The summed E-state index contributed by atoms with van der Waals surface area (Å²) in [6.45, 7) is 19.1. The molecule has 0 aliphatic rings. The van der Waals surface area contributed by atoms with Crippen molar-refractivity contribution >= 4 is 17.8 Å². The first-order chi connectivity index (χ1) is 9.87. The second-order valence-electron chi connectivity index (χ2n) is 8.04. The number of ether oxygens (including phenoxy) is 1. The van der Waals surface area contributed by atoms with E-state index < -0.39 is 0 Å². The highest BCUT2D eigenvalue weighted by Crippen LogP contribution is 2.36. The zero-order valence-electron chi connectivity index (χ0n) is 16.0. The molecule has 132 valence electrons. The lowest BCUT2D eigenvalue weighted by atomic mass is 9.75. The van der Waals surface area contributed by atoms with E-state index in [0.717, 1.165) is 19.4 Å². The van der Waals surface area contributed by atoms with Crippen molar-refractivity contribution in [3.63, 3.8) is 0 Å². The third-order valence-corrected chi connectivity index (χ3v) is 4.58. The highest BCUT2D eigenvalue weighted by Gasteiger charge is 2.36. The van der Waals surface area contributed by atoms with E-state index in [0.29, 0.717) is 11.0 Å². The molecule has 0 N–H and O–H groups in total. The molecule has 3 nitrogen and oxygen atoms in total. The van der Waals surface area contributed by atoms with Crippen LogP contribution in [0.2, 0.25) is 0 Å². The van der Waals surface area contributed by atoms with Crippen LogP contribution in [0.5, 0.6) is 0 Å². The minimum Gasteiger partial charge on any atom is -0.379 e. The number of ketones is 1. The minimum absolute atomic E-state index is 0.0607. The Morgan fingerprint density at radius 2 is 1.59 bits per heavy atom. The molecule has 0 bridgehead atoms. The molecule has 0 aromatic heterocycles. The number of hydrogen-bond acceptors (Lipinski definition) is 4. The summed E-state index contributed by atoms with van der Waals surface area (Å²) in [6.07, 6.45) is 1.96. The predicted octanol–water partition coefficient (Wildman–Crippen LogP) is 5.27. The van der Waals surface area contributed by atoms with Gasteiger partial charge in [-0.15, -0.1) is 0 Å². The van der Waals surface area contributed by atoms with E-state index in [9.17, 15) is 4.79 Å². The maximum atomic E-state index is 12.3. The molecule has 0 saturated heterocycles. The highest BCUT2D eigenvalue weighted by molar-refractivity contribution is 7.95. The Hall–Kier alpha value is -0.0600. The Labute approximate surface area is 142 Å². The monoisotopic (exact) mass is 332 g/mol. The smallest absolute Gasteiger partial charge is 0.141 e. The van der Waals surface area contributed by atoms with Gasteiger partial charge in [0, 0.05) is 23.2 Å². The highest BCUT2D eigenvalue weighted by atomic mass is 32.2. The van der Waals surface area contributed by atoms with Gasteiger partial charge in [0.25, 0.3) is 0 Å². The van der Waals surface area contributed by atoms with Gasteiger partial charge in [-0.1, -0.05) is 34.6 Å². The van der Waals surface area contributed by atoms with Gasteiger partial charge >= 0.3 is 0 Å². The van der Waals surface area contributed by atoms with Crippen LogP contribution < -0.4 is 0 Å². The fourth-order valence-corrected chi connectivity index (χ4v) is 3.37. The molecule has 0 heterocycles. The molecule has 0 spiro atoms. The summed E-state index contributed by atoms with van der Waals surface area (Å²) in [4.78, 5) is 12.3. The summed E-state index contributed by atoms with van der Waals surface area (Å²) in [5.41, 5.74) is -0.686. The Bertz CT molecular complexity index is 335. The van der Waals surface area contributed by atoms with Gasteiger partial charge in [0.15, 0.2) is 0 Å². The average molecular weight is 333 g/mol. The standard InChI is InChI=1S/C18H36O3S/c1-13(2)16(19)17(6,7)12-18(8,9)21-22-15(5)10-11-20-14(3)4/h13-15H,10-12H2,1-9H3. The Morgan fingerprint density at radius 3 is 2.05 bits per heavy atom. The van der Waals surface area contributed by atoms with E-state index in [-0.39, 0.29) is 23.0 Å².